The van der Waals surface area contributed by atoms with Crippen LogP contribution < -0.4 is 0 Å². The van der Waals surface area contributed by atoms with Crippen LogP contribution in [0.15, 0.2) is 48.6 Å². The minimum Gasteiger partial charge on any atom is -0.457 e. The van der Waals surface area contributed by atoms with Crippen LogP contribution in [0.1, 0.15) is 26.3 Å². The van der Waals surface area contributed by atoms with Crippen molar-refractivity contribution in [2.24, 2.45) is 0 Å². The summed E-state index contributed by atoms with van der Waals surface area (Å²) in [4.78, 5) is 23.1. The van der Waals surface area contributed by atoms with Gasteiger partial charge in [0.1, 0.15) is 12.2 Å². The molecule has 0 aliphatic rings. The quantitative estimate of drug-likeness (QED) is 0.617. The Labute approximate surface area is 125 Å². The van der Waals surface area contributed by atoms with Crippen molar-refractivity contribution in [3.63, 3.8) is 0 Å². The van der Waals surface area contributed by atoms with Gasteiger partial charge >= 0.3 is 11.9 Å². The van der Waals surface area contributed by atoms with Gasteiger partial charge in [-0.3, -0.25) is 0 Å². The van der Waals surface area contributed by atoms with Crippen molar-refractivity contribution in [2.45, 2.75) is 26.4 Å². The average molecular weight is 288 g/mol. The zero-order valence-electron chi connectivity index (χ0n) is 12.6. The Hall–Kier alpha value is -2.36. The van der Waals surface area contributed by atoms with Crippen LogP contribution in [0, 0.1) is 0 Å². The molecule has 1 rings (SSSR count). The third kappa shape index (κ3) is 7.11. The van der Waals surface area contributed by atoms with E-state index in [1.807, 2.05) is 30.3 Å². The number of esters is 2. The molecule has 0 bridgehead atoms. The van der Waals surface area contributed by atoms with Crippen molar-refractivity contribution in [3.8, 4) is 0 Å². The van der Waals surface area contributed by atoms with E-state index in [-0.39, 0.29) is 12.2 Å². The lowest BCUT2D eigenvalue weighted by Crippen LogP contribution is -2.26. The second-order valence-electron chi connectivity index (χ2n) is 5.46. The van der Waals surface area contributed by atoms with Gasteiger partial charge in [-0.2, -0.15) is 0 Å². The minimum atomic E-state index is -0.600. The predicted molar refractivity (Wildman–Crippen MR) is 81.4 cm³/mol. The first-order chi connectivity index (χ1) is 9.78. The summed E-state index contributed by atoms with van der Waals surface area (Å²) in [6.07, 6.45) is 2.94. The van der Waals surface area contributed by atoms with E-state index in [2.05, 4.69) is 6.58 Å². The molecule has 0 radical (unpaired) electrons. The molecule has 0 saturated carbocycles. The lowest BCUT2D eigenvalue weighted by Gasteiger charge is -2.20. The summed E-state index contributed by atoms with van der Waals surface area (Å²) in [5.41, 5.74) is 0.392. The number of carbonyl (C=O) groups is 2. The van der Waals surface area contributed by atoms with Crippen LogP contribution in [0.2, 0.25) is 0 Å². The molecule has 0 fully saturated rings. The molecule has 1 aromatic rings. The average Bonchev–Trinajstić information content (AvgIpc) is 2.41. The van der Waals surface area contributed by atoms with E-state index in [1.165, 1.54) is 6.08 Å². The Bertz CT molecular complexity index is 536. The van der Waals surface area contributed by atoms with Crippen LogP contribution >= 0.6 is 0 Å². The van der Waals surface area contributed by atoms with Crippen molar-refractivity contribution in [1.82, 2.24) is 0 Å². The van der Waals surface area contributed by atoms with Crippen molar-refractivity contribution < 1.29 is 19.1 Å². The summed E-state index contributed by atoms with van der Waals surface area (Å²) >= 11 is 0. The maximum absolute atomic E-state index is 11.6. The summed E-state index contributed by atoms with van der Waals surface area (Å²) in [6.45, 7) is 8.64. The van der Waals surface area contributed by atoms with Crippen LogP contribution in [-0.4, -0.2) is 24.1 Å². The van der Waals surface area contributed by atoms with Gasteiger partial charge in [0.2, 0.25) is 0 Å². The monoisotopic (exact) mass is 288 g/mol. The van der Waals surface area contributed by atoms with E-state index < -0.39 is 17.5 Å². The molecule has 0 aliphatic carbocycles. The first kappa shape index (κ1) is 16.7. The van der Waals surface area contributed by atoms with E-state index in [9.17, 15) is 9.59 Å². The number of benzene rings is 1. The molecule has 0 amide bonds. The van der Waals surface area contributed by atoms with E-state index >= 15 is 0 Å². The van der Waals surface area contributed by atoms with E-state index in [4.69, 9.17) is 9.47 Å². The van der Waals surface area contributed by atoms with Gasteiger partial charge in [0.05, 0.1) is 5.57 Å². The molecule has 0 saturated heterocycles. The predicted octanol–water partition coefficient (Wildman–Crippen LogP) is 3.14. The third-order valence-corrected chi connectivity index (χ3v) is 2.29. The maximum atomic E-state index is 11.6. The highest BCUT2D eigenvalue weighted by molar-refractivity contribution is 5.90. The molecule has 0 heterocycles. The molecule has 112 valence electrons. The lowest BCUT2D eigenvalue weighted by molar-refractivity contribution is -0.151. The zero-order valence-corrected chi connectivity index (χ0v) is 12.6. The fourth-order valence-electron chi connectivity index (χ4n) is 1.34. The summed E-state index contributed by atoms with van der Waals surface area (Å²) in [7, 11) is 0. The Balaban J connectivity index is 2.41. The Morgan fingerprint density at radius 3 is 2.38 bits per heavy atom. The van der Waals surface area contributed by atoms with Gasteiger partial charge in [-0.1, -0.05) is 36.9 Å². The summed E-state index contributed by atoms with van der Waals surface area (Å²) in [5, 5.41) is 0. The number of hydrogen-bond donors (Lipinski definition) is 0. The summed E-state index contributed by atoms with van der Waals surface area (Å²) in [6, 6.07) is 9.36. The van der Waals surface area contributed by atoms with Crippen molar-refractivity contribution in [1.29, 1.82) is 0 Å². The number of hydrogen-bond acceptors (Lipinski definition) is 4. The molecule has 21 heavy (non-hydrogen) atoms. The van der Waals surface area contributed by atoms with Crippen LogP contribution in [0.5, 0.6) is 0 Å². The van der Waals surface area contributed by atoms with Crippen molar-refractivity contribution in [2.75, 3.05) is 6.61 Å². The molecule has 0 spiro atoms. The molecular formula is C17H20O4. The first-order valence-corrected chi connectivity index (χ1v) is 6.59. The van der Waals surface area contributed by atoms with Gasteiger partial charge in [0.25, 0.3) is 0 Å². The Kier molecular flexibility index (Phi) is 5.91. The number of carbonyl (C=O) groups excluding carboxylic acids is 2. The highest BCUT2D eigenvalue weighted by Crippen LogP contribution is 2.10. The maximum Gasteiger partial charge on any atom is 0.337 e. The molecular weight excluding hydrogens is 268 g/mol. The molecule has 0 unspecified atom stereocenters. The Morgan fingerprint density at radius 2 is 1.81 bits per heavy atom. The third-order valence-electron chi connectivity index (χ3n) is 2.29. The van der Waals surface area contributed by atoms with Crippen LogP contribution in [0.25, 0.3) is 6.08 Å². The van der Waals surface area contributed by atoms with Gasteiger partial charge in [-0.15, -0.1) is 0 Å². The number of rotatable bonds is 5. The second-order valence-corrected chi connectivity index (χ2v) is 5.46. The smallest absolute Gasteiger partial charge is 0.337 e. The lowest BCUT2D eigenvalue weighted by atomic mass is 10.2. The van der Waals surface area contributed by atoms with E-state index in [1.54, 1.807) is 26.8 Å². The molecule has 1 aromatic carbocycles. The molecule has 0 aromatic heterocycles. The SMILES string of the molecule is C=C(COC(=O)/C=C/c1ccccc1)C(=O)OC(C)(C)C. The van der Waals surface area contributed by atoms with Gasteiger partial charge in [0.15, 0.2) is 0 Å². The van der Waals surface area contributed by atoms with Crippen LogP contribution in [0.4, 0.5) is 0 Å². The highest BCUT2D eigenvalue weighted by Gasteiger charge is 2.19. The summed E-state index contributed by atoms with van der Waals surface area (Å²) in [5.74, 6) is -1.11. The molecule has 0 N–H and O–H groups in total. The van der Waals surface area contributed by atoms with E-state index in [0.717, 1.165) is 5.56 Å². The largest absolute Gasteiger partial charge is 0.457 e. The normalized spacial score (nSPS) is 11.2. The molecule has 4 heteroatoms. The zero-order chi connectivity index (χ0) is 15.9. The van der Waals surface area contributed by atoms with Gasteiger partial charge in [-0.05, 0) is 32.4 Å². The molecule has 0 atom stereocenters. The summed E-state index contributed by atoms with van der Waals surface area (Å²) < 4.78 is 10.0. The Morgan fingerprint density at radius 1 is 1.19 bits per heavy atom. The van der Waals surface area contributed by atoms with Crippen LogP contribution in [-0.2, 0) is 19.1 Å². The fourth-order valence-corrected chi connectivity index (χ4v) is 1.34. The fraction of sp³-hybridized carbons (Fsp3) is 0.294. The molecule has 4 nitrogen and oxygen atoms in total. The number of ether oxygens (including phenoxy) is 2. The van der Waals surface area contributed by atoms with E-state index in [0.29, 0.717) is 0 Å². The highest BCUT2D eigenvalue weighted by atomic mass is 16.6. The standard InChI is InChI=1S/C17H20O4/c1-13(16(19)21-17(2,3)4)12-20-15(18)11-10-14-8-6-5-7-9-14/h5-11H,1,12H2,2-4H3/b11-10+. The van der Waals surface area contributed by atoms with Crippen molar-refractivity contribution >= 4 is 18.0 Å². The topological polar surface area (TPSA) is 52.6 Å². The van der Waals surface area contributed by atoms with Gasteiger partial charge in [-0.25, -0.2) is 9.59 Å². The minimum absolute atomic E-state index is 0.103. The van der Waals surface area contributed by atoms with Crippen LogP contribution in [0.3, 0.4) is 0 Å². The molecule has 0 aliphatic heterocycles. The van der Waals surface area contributed by atoms with Gasteiger partial charge in [0, 0.05) is 6.08 Å². The van der Waals surface area contributed by atoms with Gasteiger partial charge < -0.3 is 9.47 Å². The first-order valence-electron chi connectivity index (χ1n) is 6.59. The second kappa shape index (κ2) is 7.43. The van der Waals surface area contributed by atoms with Crippen molar-refractivity contribution in [3.05, 3.63) is 54.1 Å².